The highest BCUT2D eigenvalue weighted by molar-refractivity contribution is 8.00. The van der Waals surface area contributed by atoms with E-state index in [1.54, 1.807) is 23.9 Å². The van der Waals surface area contributed by atoms with Crippen LogP contribution in [0.1, 0.15) is 5.56 Å². The van der Waals surface area contributed by atoms with Crippen molar-refractivity contribution >= 4 is 29.1 Å². The van der Waals surface area contributed by atoms with E-state index in [-0.39, 0.29) is 17.5 Å². The number of hydrogen-bond donors (Lipinski definition) is 0. The van der Waals surface area contributed by atoms with Gasteiger partial charge in [0.2, 0.25) is 0 Å². The molecule has 0 radical (unpaired) electrons. The molecule has 1 aromatic carbocycles. The molecule has 80 valence electrons. The lowest BCUT2D eigenvalue weighted by molar-refractivity contribution is -0.119. The van der Waals surface area contributed by atoms with Crippen molar-refractivity contribution in [3.63, 3.8) is 0 Å². The summed E-state index contributed by atoms with van der Waals surface area (Å²) in [7, 11) is 0. The summed E-state index contributed by atoms with van der Waals surface area (Å²) in [6.07, 6.45) is 0.495. The molecule has 0 saturated carbocycles. The Labute approximate surface area is 97.0 Å². The number of thioether (sulfide) groups is 1. The van der Waals surface area contributed by atoms with Crippen molar-refractivity contribution in [1.82, 2.24) is 0 Å². The number of ketones is 1. The first-order valence-corrected chi connectivity index (χ1v) is 6.24. The van der Waals surface area contributed by atoms with Gasteiger partial charge in [-0.25, -0.2) is 4.39 Å². The summed E-state index contributed by atoms with van der Waals surface area (Å²) in [5, 5.41) is 0.392. The van der Waals surface area contributed by atoms with E-state index in [0.29, 0.717) is 22.8 Å². The smallest absolute Gasteiger partial charge is 0.146 e. The largest absolute Gasteiger partial charge is 0.298 e. The minimum atomic E-state index is -0.313. The van der Waals surface area contributed by atoms with Crippen molar-refractivity contribution in [2.75, 3.05) is 11.5 Å². The van der Waals surface area contributed by atoms with Crippen LogP contribution in [0.25, 0.3) is 0 Å². The summed E-state index contributed by atoms with van der Waals surface area (Å²) < 4.78 is 13.4. The summed E-state index contributed by atoms with van der Waals surface area (Å²) in [5.41, 5.74) is 0.584. The monoisotopic (exact) mass is 244 g/mol. The molecule has 1 atom stereocenters. The first-order valence-electron chi connectivity index (χ1n) is 4.71. The highest BCUT2D eigenvalue weighted by Gasteiger charge is 2.25. The quantitative estimate of drug-likeness (QED) is 0.796. The Kier molecular flexibility index (Phi) is 3.32. The van der Waals surface area contributed by atoms with E-state index >= 15 is 0 Å². The van der Waals surface area contributed by atoms with Gasteiger partial charge in [-0.15, -0.1) is 0 Å². The van der Waals surface area contributed by atoms with Crippen LogP contribution in [0.15, 0.2) is 18.2 Å². The maximum atomic E-state index is 13.4. The number of benzene rings is 1. The van der Waals surface area contributed by atoms with Gasteiger partial charge in [0, 0.05) is 16.7 Å². The molecular formula is C11H10ClFOS. The Morgan fingerprint density at radius 2 is 2.33 bits per heavy atom. The number of carbonyl (C=O) groups excluding carboxylic acids is 1. The van der Waals surface area contributed by atoms with E-state index in [0.717, 1.165) is 5.75 Å². The molecule has 1 nitrogen and oxygen atoms in total. The van der Waals surface area contributed by atoms with Crippen LogP contribution >= 0.6 is 23.4 Å². The van der Waals surface area contributed by atoms with Crippen LogP contribution in [0.4, 0.5) is 4.39 Å². The Hall–Kier alpha value is -0.540. The average Bonchev–Trinajstić information content (AvgIpc) is 2.57. The zero-order chi connectivity index (χ0) is 10.8. The predicted octanol–water partition coefficient (Wildman–Crippen LogP) is 2.95. The summed E-state index contributed by atoms with van der Waals surface area (Å²) in [6, 6.07) is 4.62. The minimum Gasteiger partial charge on any atom is -0.298 e. The SMILES string of the molecule is O=C1CSCC1Cc1ccc(Cl)cc1F. The van der Waals surface area contributed by atoms with E-state index in [4.69, 9.17) is 11.6 Å². The van der Waals surface area contributed by atoms with Gasteiger partial charge in [-0.2, -0.15) is 11.8 Å². The second-order valence-electron chi connectivity index (χ2n) is 3.62. The van der Waals surface area contributed by atoms with Gasteiger partial charge in [0.25, 0.3) is 0 Å². The van der Waals surface area contributed by atoms with E-state index in [1.165, 1.54) is 6.07 Å². The van der Waals surface area contributed by atoms with E-state index in [1.807, 2.05) is 0 Å². The fourth-order valence-electron chi connectivity index (χ4n) is 1.64. The lowest BCUT2D eigenvalue weighted by atomic mass is 9.98. The maximum Gasteiger partial charge on any atom is 0.146 e. The molecule has 1 aromatic rings. The minimum absolute atomic E-state index is 0.0225. The number of carbonyl (C=O) groups is 1. The third-order valence-corrected chi connectivity index (χ3v) is 3.86. The Morgan fingerprint density at radius 3 is 2.93 bits per heavy atom. The molecule has 0 bridgehead atoms. The molecule has 1 heterocycles. The van der Waals surface area contributed by atoms with Gasteiger partial charge in [-0.1, -0.05) is 17.7 Å². The van der Waals surface area contributed by atoms with Crippen LogP contribution in [-0.4, -0.2) is 17.3 Å². The fraction of sp³-hybridized carbons (Fsp3) is 0.364. The second-order valence-corrected chi connectivity index (χ2v) is 5.08. The lowest BCUT2D eigenvalue weighted by Gasteiger charge is -2.08. The van der Waals surface area contributed by atoms with Gasteiger partial charge in [0.05, 0.1) is 5.75 Å². The number of halogens is 2. The Balaban J connectivity index is 2.13. The van der Waals surface area contributed by atoms with Gasteiger partial charge in [0.15, 0.2) is 0 Å². The zero-order valence-electron chi connectivity index (χ0n) is 8.00. The molecule has 15 heavy (non-hydrogen) atoms. The highest BCUT2D eigenvalue weighted by Crippen LogP contribution is 2.25. The van der Waals surface area contributed by atoms with Crippen molar-refractivity contribution in [3.8, 4) is 0 Å². The molecule has 1 fully saturated rings. The summed E-state index contributed by atoms with van der Waals surface area (Å²) in [4.78, 5) is 11.4. The van der Waals surface area contributed by atoms with Gasteiger partial charge in [-0.05, 0) is 24.1 Å². The van der Waals surface area contributed by atoms with Gasteiger partial charge >= 0.3 is 0 Å². The summed E-state index contributed by atoms with van der Waals surface area (Å²) in [6.45, 7) is 0. The van der Waals surface area contributed by atoms with Crippen molar-refractivity contribution in [3.05, 3.63) is 34.6 Å². The molecule has 1 aliphatic heterocycles. The second kappa shape index (κ2) is 4.54. The van der Waals surface area contributed by atoms with Gasteiger partial charge in [-0.3, -0.25) is 4.79 Å². The molecule has 1 saturated heterocycles. The topological polar surface area (TPSA) is 17.1 Å². The van der Waals surface area contributed by atoms with Gasteiger partial charge < -0.3 is 0 Å². The number of rotatable bonds is 2. The molecule has 0 amide bonds. The lowest BCUT2D eigenvalue weighted by Crippen LogP contribution is -2.14. The van der Waals surface area contributed by atoms with Crippen LogP contribution < -0.4 is 0 Å². The number of Topliss-reactive ketones (excluding diaryl/α,β-unsaturated/α-hetero) is 1. The highest BCUT2D eigenvalue weighted by atomic mass is 35.5. The van der Waals surface area contributed by atoms with E-state index < -0.39 is 0 Å². The molecular weight excluding hydrogens is 235 g/mol. The summed E-state index contributed by atoms with van der Waals surface area (Å²) in [5.74, 6) is 1.27. The molecule has 0 N–H and O–H groups in total. The first kappa shape index (κ1) is 11.0. The molecule has 1 unspecified atom stereocenters. The van der Waals surface area contributed by atoms with Crippen LogP contribution in [-0.2, 0) is 11.2 Å². The predicted molar refractivity (Wildman–Crippen MR) is 60.9 cm³/mol. The normalized spacial score (nSPS) is 20.9. The molecule has 0 aromatic heterocycles. The van der Waals surface area contributed by atoms with Crippen LogP contribution in [0.5, 0.6) is 0 Å². The first-order chi connectivity index (χ1) is 7.16. The van der Waals surface area contributed by atoms with Crippen molar-refractivity contribution in [2.45, 2.75) is 6.42 Å². The van der Waals surface area contributed by atoms with Crippen LogP contribution in [0.3, 0.4) is 0 Å². The fourth-order valence-corrected chi connectivity index (χ4v) is 2.94. The molecule has 0 spiro atoms. The Bertz CT molecular complexity index is 394. The Morgan fingerprint density at radius 1 is 1.53 bits per heavy atom. The van der Waals surface area contributed by atoms with Gasteiger partial charge in [0.1, 0.15) is 11.6 Å². The molecule has 0 aliphatic carbocycles. The molecule has 1 aliphatic rings. The van der Waals surface area contributed by atoms with E-state index in [9.17, 15) is 9.18 Å². The van der Waals surface area contributed by atoms with Crippen molar-refractivity contribution in [2.24, 2.45) is 5.92 Å². The third-order valence-electron chi connectivity index (χ3n) is 2.50. The average molecular weight is 245 g/mol. The maximum absolute atomic E-state index is 13.4. The summed E-state index contributed by atoms with van der Waals surface area (Å²) >= 11 is 7.27. The zero-order valence-corrected chi connectivity index (χ0v) is 9.58. The van der Waals surface area contributed by atoms with Crippen LogP contribution in [0, 0.1) is 11.7 Å². The molecule has 2 rings (SSSR count). The number of hydrogen-bond acceptors (Lipinski definition) is 2. The van der Waals surface area contributed by atoms with Crippen molar-refractivity contribution in [1.29, 1.82) is 0 Å². The van der Waals surface area contributed by atoms with E-state index in [2.05, 4.69) is 0 Å². The molecule has 4 heteroatoms. The van der Waals surface area contributed by atoms with Crippen molar-refractivity contribution < 1.29 is 9.18 Å². The standard InChI is InChI=1S/C11H10ClFOS/c12-9-2-1-7(10(13)4-9)3-8-5-15-6-11(8)14/h1-2,4,8H,3,5-6H2. The third kappa shape index (κ3) is 2.52. The van der Waals surface area contributed by atoms with Crippen LogP contribution in [0.2, 0.25) is 5.02 Å².